The molecule has 0 bridgehead atoms. The largest absolute Gasteiger partial charge is 0.371 e. The van der Waals surface area contributed by atoms with Gasteiger partial charge >= 0.3 is 0 Å². The molecule has 0 rings (SSSR count). The molecular weight excluding hydrogens is 164 g/mol. The average molecular weight is 180 g/mol. The Morgan fingerprint density at radius 1 is 1.17 bits per heavy atom. The second-order valence-electron chi connectivity index (χ2n) is 2.15. The molecule has 0 aromatic rings. The van der Waals surface area contributed by atoms with Gasteiger partial charge in [-0.2, -0.15) is 0 Å². The van der Waals surface area contributed by atoms with Gasteiger partial charge in [-0.25, -0.2) is 0 Å². The van der Waals surface area contributed by atoms with Crippen LogP contribution >= 0.6 is 0 Å². The van der Waals surface area contributed by atoms with Crippen molar-refractivity contribution in [1.82, 2.24) is 0 Å². The van der Waals surface area contributed by atoms with Gasteiger partial charge in [-0.05, 0) is 6.42 Å². The lowest BCUT2D eigenvalue weighted by molar-refractivity contribution is -0.151. The zero-order valence-electron chi connectivity index (χ0n) is 7.23. The normalized spacial score (nSPS) is 13.2. The van der Waals surface area contributed by atoms with E-state index in [0.29, 0.717) is 6.61 Å². The highest BCUT2D eigenvalue weighted by atomic mass is 16.7. The first-order valence-corrected chi connectivity index (χ1v) is 3.84. The predicted molar refractivity (Wildman–Crippen MR) is 41.2 cm³/mol. The average Bonchev–Trinajstić information content (AvgIpc) is 2.11. The van der Waals surface area contributed by atoms with Crippen molar-refractivity contribution in [2.24, 2.45) is 0 Å². The highest BCUT2D eigenvalue weighted by Gasteiger charge is 2.05. The van der Waals surface area contributed by atoms with Crippen molar-refractivity contribution >= 4 is 0 Å². The van der Waals surface area contributed by atoms with Crippen LogP contribution in [0.2, 0.25) is 0 Å². The Kier molecular flexibility index (Phi) is 8.74. The molecule has 5 heteroatoms. The predicted octanol–water partition coefficient (Wildman–Crippen LogP) is -0.328. The molecule has 0 fully saturated rings. The Hall–Kier alpha value is -0.200. The van der Waals surface area contributed by atoms with Gasteiger partial charge in [-0.15, -0.1) is 0 Å². The Balaban J connectivity index is 3.26. The second-order valence-corrected chi connectivity index (χ2v) is 2.15. The molecule has 2 N–H and O–H groups in total. The molecule has 0 radical (unpaired) electrons. The Morgan fingerprint density at radius 2 is 1.83 bits per heavy atom. The van der Waals surface area contributed by atoms with E-state index in [2.05, 4.69) is 4.74 Å². The van der Waals surface area contributed by atoms with E-state index in [1.807, 2.05) is 6.92 Å². The minimum atomic E-state index is -0.350. The summed E-state index contributed by atoms with van der Waals surface area (Å²) in [5, 5.41) is 16.6. The van der Waals surface area contributed by atoms with Gasteiger partial charge in [0.25, 0.3) is 0 Å². The van der Waals surface area contributed by atoms with Crippen molar-refractivity contribution in [1.29, 1.82) is 0 Å². The zero-order valence-corrected chi connectivity index (χ0v) is 7.23. The van der Waals surface area contributed by atoms with E-state index >= 15 is 0 Å². The van der Waals surface area contributed by atoms with Crippen LogP contribution in [0, 0.1) is 0 Å². The van der Waals surface area contributed by atoms with Crippen molar-refractivity contribution in [3.05, 3.63) is 0 Å². The molecule has 0 amide bonds. The topological polar surface area (TPSA) is 68.2 Å². The number of aliphatic hydroxyl groups excluding tert-OH is 2. The fraction of sp³-hybridized carbons (Fsp3) is 1.00. The maximum Gasteiger partial charge on any atom is 0.150 e. The molecule has 0 saturated carbocycles. The Morgan fingerprint density at radius 3 is 2.33 bits per heavy atom. The van der Waals surface area contributed by atoms with Crippen molar-refractivity contribution in [3.8, 4) is 0 Å². The molecular formula is C7H16O5. The van der Waals surface area contributed by atoms with E-state index in [1.165, 1.54) is 0 Å². The molecule has 0 aliphatic heterocycles. The number of hydrogen-bond acceptors (Lipinski definition) is 5. The van der Waals surface area contributed by atoms with Gasteiger partial charge in [0, 0.05) is 0 Å². The molecule has 5 nitrogen and oxygen atoms in total. The van der Waals surface area contributed by atoms with Crippen molar-refractivity contribution < 1.29 is 24.4 Å². The molecule has 0 aliphatic carbocycles. The molecule has 74 valence electrons. The third-order valence-electron chi connectivity index (χ3n) is 1.33. The van der Waals surface area contributed by atoms with Crippen LogP contribution in [0.4, 0.5) is 0 Å². The van der Waals surface area contributed by atoms with Crippen LogP contribution in [0.25, 0.3) is 0 Å². The Bertz CT molecular complexity index is 87.9. The number of rotatable bonds is 8. The third kappa shape index (κ3) is 6.51. The summed E-state index contributed by atoms with van der Waals surface area (Å²) in [5.41, 5.74) is 0. The number of hydrogen-bond donors (Lipinski definition) is 2. The lowest BCUT2D eigenvalue weighted by atomic mass is 10.3. The highest BCUT2D eigenvalue weighted by molar-refractivity contribution is 4.50. The fourth-order valence-electron chi connectivity index (χ4n) is 0.650. The lowest BCUT2D eigenvalue weighted by Crippen LogP contribution is -2.21. The molecule has 0 saturated heterocycles. The van der Waals surface area contributed by atoms with Crippen LogP contribution in [0.1, 0.15) is 13.3 Å². The van der Waals surface area contributed by atoms with E-state index in [1.54, 1.807) is 0 Å². The van der Waals surface area contributed by atoms with E-state index in [-0.39, 0.29) is 26.5 Å². The van der Waals surface area contributed by atoms with Crippen LogP contribution in [0.15, 0.2) is 0 Å². The van der Waals surface area contributed by atoms with Gasteiger partial charge < -0.3 is 24.4 Å². The number of ether oxygens (including phenoxy) is 3. The lowest BCUT2D eigenvalue weighted by Gasteiger charge is -2.14. The van der Waals surface area contributed by atoms with Gasteiger partial charge in [-0.3, -0.25) is 0 Å². The van der Waals surface area contributed by atoms with Gasteiger partial charge in [0.1, 0.15) is 20.4 Å². The van der Waals surface area contributed by atoms with Gasteiger partial charge in [0.2, 0.25) is 0 Å². The summed E-state index contributed by atoms with van der Waals surface area (Å²) in [5.74, 6) is 0. The van der Waals surface area contributed by atoms with Gasteiger partial charge in [-0.1, -0.05) is 6.92 Å². The Labute approximate surface area is 71.9 Å². The molecule has 0 heterocycles. The van der Waals surface area contributed by atoms with E-state index in [0.717, 1.165) is 6.42 Å². The van der Waals surface area contributed by atoms with Crippen LogP contribution < -0.4 is 0 Å². The monoisotopic (exact) mass is 180 g/mol. The van der Waals surface area contributed by atoms with Crippen molar-refractivity contribution in [2.45, 2.75) is 19.4 Å². The van der Waals surface area contributed by atoms with Crippen molar-refractivity contribution in [2.75, 3.05) is 27.0 Å². The maximum absolute atomic E-state index is 8.33. The molecule has 12 heavy (non-hydrogen) atoms. The summed E-state index contributed by atoms with van der Waals surface area (Å²) in [4.78, 5) is 0. The summed E-state index contributed by atoms with van der Waals surface area (Å²) in [7, 11) is 0. The molecule has 1 atom stereocenters. The first-order chi connectivity index (χ1) is 5.85. The highest BCUT2D eigenvalue weighted by Crippen LogP contribution is 1.98. The number of aliphatic hydroxyl groups is 2. The molecule has 0 aromatic heterocycles. The smallest absolute Gasteiger partial charge is 0.150 e. The van der Waals surface area contributed by atoms with Crippen LogP contribution in [-0.2, 0) is 14.2 Å². The maximum atomic E-state index is 8.33. The van der Waals surface area contributed by atoms with E-state index in [4.69, 9.17) is 19.7 Å². The van der Waals surface area contributed by atoms with Crippen LogP contribution in [0.5, 0.6) is 0 Å². The van der Waals surface area contributed by atoms with Crippen LogP contribution in [-0.4, -0.2) is 43.3 Å². The van der Waals surface area contributed by atoms with E-state index in [9.17, 15) is 0 Å². The van der Waals surface area contributed by atoms with Crippen molar-refractivity contribution in [3.63, 3.8) is 0 Å². The molecule has 0 aromatic carbocycles. The van der Waals surface area contributed by atoms with Gasteiger partial charge in [0.15, 0.2) is 0 Å². The molecule has 1 unspecified atom stereocenters. The van der Waals surface area contributed by atoms with E-state index < -0.39 is 0 Å². The standard InChI is InChI=1S/C7H16O5/c1-2-7(3-10-4-8)12-6-11-5-9/h7-9H,2-6H2,1H3. The first kappa shape index (κ1) is 11.8. The minimum absolute atomic E-state index is 0.0454. The van der Waals surface area contributed by atoms with Gasteiger partial charge in [0.05, 0.1) is 12.7 Å². The fourth-order valence-corrected chi connectivity index (χ4v) is 0.650. The summed E-state index contributed by atoms with van der Waals surface area (Å²) >= 11 is 0. The summed E-state index contributed by atoms with van der Waals surface area (Å²) in [6.45, 7) is 1.66. The first-order valence-electron chi connectivity index (χ1n) is 3.84. The summed E-state index contributed by atoms with van der Waals surface area (Å²) in [6.07, 6.45) is 0.679. The zero-order chi connectivity index (χ0) is 9.23. The van der Waals surface area contributed by atoms with Crippen LogP contribution in [0.3, 0.4) is 0 Å². The molecule has 0 aliphatic rings. The summed E-state index contributed by atoms with van der Waals surface area (Å²) < 4.78 is 14.4. The third-order valence-corrected chi connectivity index (χ3v) is 1.33. The summed E-state index contributed by atoms with van der Waals surface area (Å²) in [6, 6.07) is 0. The quantitative estimate of drug-likeness (QED) is 0.395. The molecule has 0 spiro atoms. The second kappa shape index (κ2) is 8.89. The minimum Gasteiger partial charge on any atom is -0.371 e. The SMILES string of the molecule is CCC(COCO)OCOCO.